The van der Waals surface area contributed by atoms with E-state index in [1.165, 1.54) is 19.3 Å². The highest BCUT2D eigenvalue weighted by Gasteiger charge is 2.29. The molecule has 1 rings (SSSR count). The van der Waals surface area contributed by atoms with Crippen molar-refractivity contribution in [3.05, 3.63) is 6.92 Å². The summed E-state index contributed by atoms with van der Waals surface area (Å²) in [5.74, 6) is 0. The second-order valence-electron chi connectivity index (χ2n) is 2.56. The lowest BCUT2D eigenvalue weighted by atomic mass is 9.71. The summed E-state index contributed by atoms with van der Waals surface area (Å²) >= 11 is 0. The standard InChI is InChI=1S/C6H12N/c1-6(5-7)3-2-4-6/h1-5,7H2. The highest BCUT2D eigenvalue weighted by molar-refractivity contribution is 4.90. The van der Waals surface area contributed by atoms with E-state index in [-0.39, 0.29) is 0 Å². The minimum atomic E-state index is 0.292. The molecule has 41 valence electrons. The van der Waals surface area contributed by atoms with Crippen LogP contribution in [-0.2, 0) is 0 Å². The summed E-state index contributed by atoms with van der Waals surface area (Å²) in [6.45, 7) is 4.74. The molecule has 1 saturated carbocycles. The van der Waals surface area contributed by atoms with E-state index >= 15 is 0 Å². The molecule has 0 amide bonds. The first-order chi connectivity index (χ1) is 3.27. The zero-order chi connectivity index (χ0) is 5.33. The van der Waals surface area contributed by atoms with Gasteiger partial charge in [-0.3, -0.25) is 0 Å². The van der Waals surface area contributed by atoms with Gasteiger partial charge in [0, 0.05) is 0 Å². The fourth-order valence-corrected chi connectivity index (χ4v) is 0.881. The molecule has 0 saturated heterocycles. The molecule has 2 N–H and O–H groups in total. The Kier molecular flexibility index (Phi) is 1.08. The van der Waals surface area contributed by atoms with Crippen molar-refractivity contribution < 1.29 is 0 Å². The molecule has 1 radical (unpaired) electrons. The third-order valence-corrected chi connectivity index (χ3v) is 1.85. The quantitative estimate of drug-likeness (QED) is 0.519. The van der Waals surface area contributed by atoms with Crippen LogP contribution in [0.1, 0.15) is 19.3 Å². The van der Waals surface area contributed by atoms with Crippen molar-refractivity contribution in [3.63, 3.8) is 0 Å². The van der Waals surface area contributed by atoms with Crippen LogP contribution in [0.15, 0.2) is 0 Å². The second kappa shape index (κ2) is 1.48. The monoisotopic (exact) mass is 98.1 g/mol. The van der Waals surface area contributed by atoms with Crippen LogP contribution in [0.25, 0.3) is 0 Å². The number of hydrogen-bond donors (Lipinski definition) is 1. The Bertz CT molecular complexity index is 59.1. The molecule has 0 bridgehead atoms. The van der Waals surface area contributed by atoms with E-state index in [0.717, 1.165) is 6.54 Å². The lowest BCUT2D eigenvalue weighted by Crippen LogP contribution is -2.34. The molecule has 1 aliphatic carbocycles. The van der Waals surface area contributed by atoms with Gasteiger partial charge in [0.1, 0.15) is 0 Å². The average molecular weight is 98.2 g/mol. The lowest BCUT2D eigenvalue weighted by molar-refractivity contribution is 0.211. The average Bonchev–Trinajstić information content (AvgIpc) is 1.61. The molecule has 0 aromatic carbocycles. The van der Waals surface area contributed by atoms with Gasteiger partial charge in [0.15, 0.2) is 0 Å². The van der Waals surface area contributed by atoms with Crippen LogP contribution < -0.4 is 5.73 Å². The first-order valence-electron chi connectivity index (χ1n) is 2.82. The minimum Gasteiger partial charge on any atom is -0.330 e. The van der Waals surface area contributed by atoms with Crippen LogP contribution in [-0.4, -0.2) is 6.54 Å². The normalized spacial score (nSPS) is 26.6. The maximum Gasteiger partial charge on any atom is -0.00205 e. The Labute approximate surface area is 44.9 Å². The van der Waals surface area contributed by atoms with E-state index in [1.807, 2.05) is 0 Å². The van der Waals surface area contributed by atoms with Gasteiger partial charge < -0.3 is 5.73 Å². The maximum atomic E-state index is 5.41. The van der Waals surface area contributed by atoms with Crippen molar-refractivity contribution >= 4 is 0 Å². The van der Waals surface area contributed by atoms with E-state index in [1.54, 1.807) is 0 Å². The second-order valence-corrected chi connectivity index (χ2v) is 2.56. The van der Waals surface area contributed by atoms with Gasteiger partial charge in [0.05, 0.1) is 0 Å². The van der Waals surface area contributed by atoms with Crippen LogP contribution >= 0.6 is 0 Å². The minimum absolute atomic E-state index is 0.292. The largest absolute Gasteiger partial charge is 0.330 e. The van der Waals surface area contributed by atoms with Gasteiger partial charge in [0.25, 0.3) is 0 Å². The lowest BCUT2D eigenvalue weighted by Gasteiger charge is -2.36. The third-order valence-electron chi connectivity index (χ3n) is 1.85. The van der Waals surface area contributed by atoms with Crippen LogP contribution in [0.4, 0.5) is 0 Å². The number of nitrogens with two attached hydrogens (primary N) is 1. The maximum absolute atomic E-state index is 5.41. The Morgan fingerprint density at radius 3 is 2.14 bits per heavy atom. The summed E-state index contributed by atoms with van der Waals surface area (Å²) in [6.07, 6.45) is 3.81. The zero-order valence-corrected chi connectivity index (χ0v) is 4.61. The van der Waals surface area contributed by atoms with Crippen LogP contribution in [0.5, 0.6) is 0 Å². The number of hydrogen-bond acceptors (Lipinski definition) is 1. The van der Waals surface area contributed by atoms with Crippen molar-refractivity contribution in [2.24, 2.45) is 11.1 Å². The highest BCUT2D eigenvalue weighted by Crippen LogP contribution is 2.38. The van der Waals surface area contributed by atoms with Gasteiger partial charge in [-0.15, -0.1) is 0 Å². The van der Waals surface area contributed by atoms with E-state index in [0.29, 0.717) is 5.41 Å². The predicted molar refractivity (Wildman–Crippen MR) is 30.7 cm³/mol. The van der Waals surface area contributed by atoms with E-state index < -0.39 is 0 Å². The van der Waals surface area contributed by atoms with E-state index in [4.69, 9.17) is 5.73 Å². The van der Waals surface area contributed by atoms with Crippen molar-refractivity contribution in [1.82, 2.24) is 0 Å². The summed E-state index contributed by atoms with van der Waals surface area (Å²) in [5.41, 5.74) is 5.70. The van der Waals surface area contributed by atoms with Crippen LogP contribution in [0.3, 0.4) is 0 Å². The molecule has 1 aliphatic rings. The zero-order valence-electron chi connectivity index (χ0n) is 4.61. The molecule has 0 aromatic rings. The molecule has 7 heavy (non-hydrogen) atoms. The Morgan fingerprint density at radius 2 is 2.14 bits per heavy atom. The van der Waals surface area contributed by atoms with Crippen molar-refractivity contribution in [2.45, 2.75) is 19.3 Å². The van der Waals surface area contributed by atoms with Gasteiger partial charge in [-0.25, -0.2) is 0 Å². The Balaban J connectivity index is 2.29. The van der Waals surface area contributed by atoms with E-state index in [2.05, 4.69) is 6.92 Å². The van der Waals surface area contributed by atoms with Crippen molar-refractivity contribution in [3.8, 4) is 0 Å². The van der Waals surface area contributed by atoms with Crippen LogP contribution in [0, 0.1) is 12.3 Å². The SMILES string of the molecule is [CH2]C1(CN)CCC1. The van der Waals surface area contributed by atoms with Gasteiger partial charge in [-0.2, -0.15) is 0 Å². The van der Waals surface area contributed by atoms with Crippen LogP contribution in [0.2, 0.25) is 0 Å². The van der Waals surface area contributed by atoms with Gasteiger partial charge in [0.2, 0.25) is 0 Å². The predicted octanol–water partition coefficient (Wildman–Crippen LogP) is 0.949. The fraction of sp³-hybridized carbons (Fsp3) is 0.833. The van der Waals surface area contributed by atoms with E-state index in [9.17, 15) is 0 Å². The number of rotatable bonds is 1. The smallest absolute Gasteiger partial charge is 0.00205 e. The highest BCUT2D eigenvalue weighted by atomic mass is 14.6. The molecule has 0 aliphatic heterocycles. The fourth-order valence-electron chi connectivity index (χ4n) is 0.881. The summed E-state index contributed by atoms with van der Waals surface area (Å²) in [6, 6.07) is 0. The first-order valence-corrected chi connectivity index (χ1v) is 2.82. The molecular formula is C6H12N. The third kappa shape index (κ3) is 0.778. The molecular weight excluding hydrogens is 86.1 g/mol. The summed E-state index contributed by atoms with van der Waals surface area (Å²) in [4.78, 5) is 0. The van der Waals surface area contributed by atoms with Gasteiger partial charge >= 0.3 is 0 Å². The summed E-state index contributed by atoms with van der Waals surface area (Å²) in [7, 11) is 0. The molecule has 0 heterocycles. The molecule has 0 aromatic heterocycles. The molecule has 0 spiro atoms. The molecule has 1 heteroatoms. The first kappa shape index (κ1) is 5.10. The Hall–Kier alpha value is -0.0400. The summed E-state index contributed by atoms with van der Waals surface area (Å²) in [5, 5.41) is 0. The van der Waals surface area contributed by atoms with Crippen molar-refractivity contribution in [2.75, 3.05) is 6.54 Å². The topological polar surface area (TPSA) is 26.0 Å². The summed E-state index contributed by atoms with van der Waals surface area (Å²) < 4.78 is 0. The van der Waals surface area contributed by atoms with Gasteiger partial charge in [-0.1, -0.05) is 6.42 Å². The van der Waals surface area contributed by atoms with Gasteiger partial charge in [-0.05, 0) is 31.7 Å². The molecule has 0 unspecified atom stereocenters. The Morgan fingerprint density at radius 1 is 1.57 bits per heavy atom. The van der Waals surface area contributed by atoms with Crippen molar-refractivity contribution in [1.29, 1.82) is 0 Å². The molecule has 1 fully saturated rings. The molecule has 1 nitrogen and oxygen atoms in total. The molecule has 0 atom stereocenters.